The average Bonchev–Trinajstić information content (AvgIpc) is 2.78. The Labute approximate surface area is 185 Å². The van der Waals surface area contributed by atoms with E-state index in [1.165, 1.54) is 30.5 Å². The molecule has 0 heterocycles. The van der Waals surface area contributed by atoms with Gasteiger partial charge in [0.05, 0.1) is 5.56 Å². The summed E-state index contributed by atoms with van der Waals surface area (Å²) in [6.45, 7) is 4.31. The molecule has 0 aliphatic carbocycles. The number of benzene rings is 3. The highest BCUT2D eigenvalue weighted by atomic mass is 19.1. The van der Waals surface area contributed by atoms with E-state index in [0.717, 1.165) is 42.4 Å². The number of rotatable bonds is 8. The highest BCUT2D eigenvalue weighted by Crippen LogP contribution is 2.21. The first-order chi connectivity index (χ1) is 15.1. The van der Waals surface area contributed by atoms with Gasteiger partial charge in [0, 0.05) is 5.56 Å². The summed E-state index contributed by atoms with van der Waals surface area (Å²) in [5, 5.41) is 0. The summed E-state index contributed by atoms with van der Waals surface area (Å²) >= 11 is 0. The third-order valence-corrected chi connectivity index (χ3v) is 5.49. The van der Waals surface area contributed by atoms with E-state index in [-0.39, 0.29) is 5.56 Å². The van der Waals surface area contributed by atoms with Crippen molar-refractivity contribution in [2.24, 2.45) is 0 Å². The Bertz CT molecular complexity index is 1010. The molecule has 0 saturated carbocycles. The molecule has 0 atom stereocenters. The highest BCUT2D eigenvalue weighted by molar-refractivity contribution is 5.64. The second-order valence-corrected chi connectivity index (χ2v) is 8.02. The van der Waals surface area contributed by atoms with E-state index in [4.69, 9.17) is 0 Å². The van der Waals surface area contributed by atoms with Crippen molar-refractivity contribution in [3.63, 3.8) is 0 Å². The van der Waals surface area contributed by atoms with Crippen molar-refractivity contribution in [2.45, 2.75) is 58.8 Å². The van der Waals surface area contributed by atoms with E-state index in [0.29, 0.717) is 12.0 Å². The van der Waals surface area contributed by atoms with Crippen molar-refractivity contribution in [2.75, 3.05) is 0 Å². The highest BCUT2D eigenvalue weighted by Gasteiger charge is 2.09. The minimum atomic E-state index is -0.584. The number of halogens is 2. The lowest BCUT2D eigenvalue weighted by molar-refractivity contribution is 0.572. The fourth-order valence-electron chi connectivity index (χ4n) is 3.59. The summed E-state index contributed by atoms with van der Waals surface area (Å²) in [4.78, 5) is 0. The van der Waals surface area contributed by atoms with E-state index in [2.05, 4.69) is 50.0 Å². The molecule has 0 spiro atoms. The molecule has 160 valence electrons. The van der Waals surface area contributed by atoms with Crippen LogP contribution in [-0.4, -0.2) is 0 Å². The van der Waals surface area contributed by atoms with Crippen LogP contribution in [0.2, 0.25) is 0 Å². The van der Waals surface area contributed by atoms with Crippen molar-refractivity contribution < 1.29 is 8.78 Å². The van der Waals surface area contributed by atoms with Crippen LogP contribution in [0.1, 0.15) is 68.2 Å². The zero-order valence-electron chi connectivity index (χ0n) is 18.5. The summed E-state index contributed by atoms with van der Waals surface area (Å²) in [6, 6.07) is 19.2. The van der Waals surface area contributed by atoms with Crippen LogP contribution in [0.15, 0.2) is 60.7 Å². The molecule has 2 heteroatoms. The topological polar surface area (TPSA) is 0 Å². The molecular weight excluding hydrogens is 386 g/mol. The molecule has 0 aliphatic rings. The molecule has 3 aromatic rings. The van der Waals surface area contributed by atoms with E-state index in [9.17, 15) is 8.78 Å². The van der Waals surface area contributed by atoms with Crippen molar-refractivity contribution >= 4 is 0 Å². The molecular formula is C29H30F2. The summed E-state index contributed by atoms with van der Waals surface area (Å²) in [7, 11) is 0. The van der Waals surface area contributed by atoms with Gasteiger partial charge < -0.3 is 0 Å². The second kappa shape index (κ2) is 11.5. The van der Waals surface area contributed by atoms with Crippen molar-refractivity contribution in [1.29, 1.82) is 0 Å². The first kappa shape index (κ1) is 22.8. The van der Waals surface area contributed by atoms with Crippen LogP contribution in [0.25, 0.3) is 11.1 Å². The van der Waals surface area contributed by atoms with Gasteiger partial charge in [-0.2, -0.15) is 0 Å². The van der Waals surface area contributed by atoms with Crippen LogP contribution < -0.4 is 0 Å². The molecule has 0 nitrogen and oxygen atoms in total. The van der Waals surface area contributed by atoms with Crippen LogP contribution in [0.4, 0.5) is 8.78 Å². The van der Waals surface area contributed by atoms with E-state index in [1.54, 1.807) is 0 Å². The van der Waals surface area contributed by atoms with E-state index < -0.39 is 11.6 Å². The van der Waals surface area contributed by atoms with E-state index >= 15 is 0 Å². The molecule has 0 aliphatic heterocycles. The molecule has 3 rings (SSSR count). The first-order valence-electron chi connectivity index (χ1n) is 11.3. The largest absolute Gasteiger partial charge is 0.206 e. The normalized spacial score (nSPS) is 10.6. The quantitative estimate of drug-likeness (QED) is 0.257. The summed E-state index contributed by atoms with van der Waals surface area (Å²) in [5.41, 5.74) is 4.87. The number of hydrogen-bond donors (Lipinski definition) is 0. The Morgan fingerprint density at radius 2 is 1.16 bits per heavy atom. The Balaban J connectivity index is 1.71. The third kappa shape index (κ3) is 6.53. The first-order valence-corrected chi connectivity index (χ1v) is 11.3. The molecule has 0 fully saturated rings. The van der Waals surface area contributed by atoms with Gasteiger partial charge >= 0.3 is 0 Å². The Morgan fingerprint density at radius 1 is 0.613 bits per heavy atom. The molecule has 3 aromatic carbocycles. The molecule has 0 aromatic heterocycles. The van der Waals surface area contributed by atoms with Gasteiger partial charge in [0.25, 0.3) is 0 Å². The van der Waals surface area contributed by atoms with Crippen LogP contribution in [0, 0.1) is 23.5 Å². The lowest BCUT2D eigenvalue weighted by atomic mass is 10.0. The van der Waals surface area contributed by atoms with Gasteiger partial charge in [0.2, 0.25) is 0 Å². The van der Waals surface area contributed by atoms with Gasteiger partial charge in [-0.15, -0.1) is 0 Å². The van der Waals surface area contributed by atoms with Crippen LogP contribution >= 0.6 is 0 Å². The smallest absolute Gasteiger partial charge is 0.142 e. The van der Waals surface area contributed by atoms with Crippen LogP contribution in [0.5, 0.6) is 0 Å². The molecule has 0 amide bonds. The lowest BCUT2D eigenvalue weighted by Crippen LogP contribution is -1.95. The molecule has 0 unspecified atom stereocenters. The number of aryl methyl sites for hydroxylation is 2. The fraction of sp³-hybridized carbons (Fsp3) is 0.310. The van der Waals surface area contributed by atoms with Crippen molar-refractivity contribution in [1.82, 2.24) is 0 Å². The maximum Gasteiger partial charge on any atom is 0.142 e. The average molecular weight is 417 g/mol. The van der Waals surface area contributed by atoms with Gasteiger partial charge in [-0.3, -0.25) is 0 Å². The third-order valence-electron chi connectivity index (χ3n) is 5.49. The zero-order valence-corrected chi connectivity index (χ0v) is 18.5. The predicted molar refractivity (Wildman–Crippen MR) is 126 cm³/mol. The van der Waals surface area contributed by atoms with Crippen molar-refractivity contribution in [3.8, 4) is 23.0 Å². The van der Waals surface area contributed by atoms with Gasteiger partial charge in [-0.25, -0.2) is 8.78 Å². The fourth-order valence-corrected chi connectivity index (χ4v) is 3.59. The van der Waals surface area contributed by atoms with Gasteiger partial charge in [0.15, 0.2) is 0 Å². The second-order valence-electron chi connectivity index (χ2n) is 8.02. The van der Waals surface area contributed by atoms with Gasteiger partial charge in [-0.05, 0) is 72.2 Å². The standard InChI is InChI=1S/C29H30F2/c1-3-5-7-9-24-20-28(30)27(29(31)21-24)19-14-23-12-17-26(18-13-23)25-15-10-22(11-16-25)8-6-4-2/h10-13,15-18,20-21H,3-9H2,1-2H3. The minimum absolute atomic E-state index is 0.161. The summed E-state index contributed by atoms with van der Waals surface area (Å²) < 4.78 is 28.8. The molecule has 31 heavy (non-hydrogen) atoms. The van der Waals surface area contributed by atoms with E-state index in [1.807, 2.05) is 24.3 Å². The molecule has 0 N–H and O–H groups in total. The Morgan fingerprint density at radius 3 is 1.74 bits per heavy atom. The molecule has 0 bridgehead atoms. The SMILES string of the molecule is CCCCCc1cc(F)c(C#Cc2ccc(-c3ccc(CCCC)cc3)cc2)c(F)c1. The van der Waals surface area contributed by atoms with Gasteiger partial charge in [-0.1, -0.05) is 81.3 Å². The predicted octanol–water partition coefficient (Wildman–Crippen LogP) is 8.11. The van der Waals surface area contributed by atoms with Crippen LogP contribution in [-0.2, 0) is 12.8 Å². The maximum atomic E-state index is 14.4. The molecule has 0 radical (unpaired) electrons. The number of hydrogen-bond acceptors (Lipinski definition) is 0. The summed E-state index contributed by atoms with van der Waals surface area (Å²) in [5.74, 6) is 4.40. The summed E-state index contributed by atoms with van der Waals surface area (Å²) in [6.07, 6.45) is 7.28. The Hall–Kier alpha value is -2.92. The monoisotopic (exact) mass is 416 g/mol. The maximum absolute atomic E-state index is 14.4. The minimum Gasteiger partial charge on any atom is -0.206 e. The van der Waals surface area contributed by atoms with Gasteiger partial charge in [0.1, 0.15) is 11.6 Å². The zero-order chi connectivity index (χ0) is 22.1. The lowest BCUT2D eigenvalue weighted by Gasteiger charge is -2.05. The number of unbranched alkanes of at least 4 members (excludes halogenated alkanes) is 3. The Kier molecular flexibility index (Phi) is 8.42. The van der Waals surface area contributed by atoms with Crippen LogP contribution in [0.3, 0.4) is 0 Å². The van der Waals surface area contributed by atoms with Crippen molar-refractivity contribution in [3.05, 3.63) is 94.6 Å². The molecule has 0 saturated heterocycles.